The zero-order valence-corrected chi connectivity index (χ0v) is 12.9. The van der Waals surface area contributed by atoms with E-state index in [2.05, 4.69) is 45.1 Å². The molecule has 1 rings (SSSR count). The van der Waals surface area contributed by atoms with E-state index in [9.17, 15) is 0 Å². The van der Waals surface area contributed by atoms with Gasteiger partial charge >= 0.3 is 0 Å². The average Bonchev–Trinajstić information content (AvgIpc) is 2.32. The number of hydrogen-bond donors (Lipinski definition) is 2. The van der Waals surface area contributed by atoms with Gasteiger partial charge in [0.15, 0.2) is 0 Å². The summed E-state index contributed by atoms with van der Waals surface area (Å²) in [6, 6.07) is 8.20. The second-order valence-electron chi connectivity index (χ2n) is 6.20. The minimum absolute atomic E-state index is 0.751. The first kappa shape index (κ1) is 16.0. The molecular formula is C17H30N2. The molecule has 0 spiro atoms. The van der Waals surface area contributed by atoms with Gasteiger partial charge in [-0.3, -0.25) is 0 Å². The lowest BCUT2D eigenvalue weighted by Crippen LogP contribution is -2.30. The van der Waals surface area contributed by atoms with E-state index >= 15 is 0 Å². The second-order valence-corrected chi connectivity index (χ2v) is 6.20. The highest BCUT2D eigenvalue weighted by Gasteiger charge is 2.16. The number of aryl methyl sites for hydroxylation is 1. The fourth-order valence-corrected chi connectivity index (χ4v) is 2.68. The lowest BCUT2D eigenvalue weighted by Gasteiger charge is -2.25. The monoisotopic (exact) mass is 262 g/mol. The van der Waals surface area contributed by atoms with E-state index in [4.69, 9.17) is 5.73 Å². The molecule has 1 aromatic carbocycles. The summed E-state index contributed by atoms with van der Waals surface area (Å²) in [6.07, 6.45) is 2.28. The van der Waals surface area contributed by atoms with Gasteiger partial charge in [-0.05, 0) is 61.4 Å². The van der Waals surface area contributed by atoms with E-state index in [-0.39, 0.29) is 0 Å². The lowest BCUT2D eigenvalue weighted by molar-refractivity contribution is 0.276. The molecule has 0 aliphatic heterocycles. The molecule has 0 aromatic heterocycles. The van der Waals surface area contributed by atoms with Crippen LogP contribution in [0.2, 0.25) is 0 Å². The lowest BCUT2D eigenvalue weighted by atomic mass is 9.85. The van der Waals surface area contributed by atoms with Gasteiger partial charge in [-0.25, -0.2) is 0 Å². The van der Waals surface area contributed by atoms with Crippen molar-refractivity contribution in [2.24, 2.45) is 17.8 Å². The van der Waals surface area contributed by atoms with E-state index in [0.29, 0.717) is 0 Å². The maximum Gasteiger partial charge on any atom is 0.0316 e. The number of nitrogens with two attached hydrogens (primary N) is 1. The van der Waals surface area contributed by atoms with E-state index in [1.54, 1.807) is 0 Å². The van der Waals surface area contributed by atoms with Crippen molar-refractivity contribution in [1.29, 1.82) is 0 Å². The molecule has 0 radical (unpaired) electrons. The average molecular weight is 262 g/mol. The zero-order chi connectivity index (χ0) is 14.3. The van der Waals surface area contributed by atoms with Crippen molar-refractivity contribution < 1.29 is 0 Å². The van der Waals surface area contributed by atoms with Crippen LogP contribution in [0, 0.1) is 17.8 Å². The van der Waals surface area contributed by atoms with Gasteiger partial charge in [0, 0.05) is 5.69 Å². The van der Waals surface area contributed by atoms with Gasteiger partial charge in [0.2, 0.25) is 0 Å². The number of benzene rings is 1. The molecule has 0 fully saturated rings. The van der Waals surface area contributed by atoms with Crippen molar-refractivity contribution in [2.45, 2.75) is 40.5 Å². The Morgan fingerprint density at radius 3 is 2.37 bits per heavy atom. The summed E-state index contributed by atoms with van der Waals surface area (Å²) in [6.45, 7) is 11.5. The van der Waals surface area contributed by atoms with Crippen LogP contribution in [0.15, 0.2) is 24.3 Å². The van der Waals surface area contributed by atoms with E-state index in [1.807, 2.05) is 12.1 Å². The van der Waals surface area contributed by atoms with Crippen LogP contribution in [0.25, 0.3) is 0 Å². The summed E-state index contributed by atoms with van der Waals surface area (Å²) >= 11 is 0. The van der Waals surface area contributed by atoms with Crippen LogP contribution in [0.1, 0.15) is 39.7 Å². The van der Waals surface area contributed by atoms with Gasteiger partial charge in [-0.2, -0.15) is 0 Å². The number of nitrogen functional groups attached to an aromatic ring is 1. The Kier molecular flexibility index (Phi) is 6.93. The highest BCUT2D eigenvalue weighted by Crippen LogP contribution is 2.19. The number of rotatable bonds is 8. The smallest absolute Gasteiger partial charge is 0.0316 e. The summed E-state index contributed by atoms with van der Waals surface area (Å²) in [5, 5.41) is 3.60. The van der Waals surface area contributed by atoms with Crippen molar-refractivity contribution in [3.05, 3.63) is 29.8 Å². The molecule has 0 atom stereocenters. The minimum Gasteiger partial charge on any atom is -0.399 e. The topological polar surface area (TPSA) is 38.0 Å². The van der Waals surface area contributed by atoms with E-state index in [0.717, 1.165) is 43.0 Å². The molecule has 0 amide bonds. The molecule has 0 saturated heterocycles. The Hall–Kier alpha value is -1.02. The van der Waals surface area contributed by atoms with Crippen molar-refractivity contribution in [1.82, 2.24) is 5.32 Å². The molecule has 0 unspecified atom stereocenters. The first-order valence-corrected chi connectivity index (χ1v) is 7.56. The first-order valence-electron chi connectivity index (χ1n) is 7.56. The predicted octanol–water partition coefficient (Wildman–Crippen LogP) is 3.72. The molecule has 3 N–H and O–H groups in total. The Bertz CT molecular complexity index is 350. The minimum atomic E-state index is 0.751. The molecule has 2 nitrogen and oxygen atoms in total. The van der Waals surface area contributed by atoms with Crippen molar-refractivity contribution >= 4 is 5.69 Å². The van der Waals surface area contributed by atoms with Gasteiger partial charge in [-0.15, -0.1) is 0 Å². The van der Waals surface area contributed by atoms with Crippen molar-refractivity contribution in [3.8, 4) is 0 Å². The fraction of sp³-hybridized carbons (Fsp3) is 0.647. The number of hydrogen-bond acceptors (Lipinski definition) is 2. The van der Waals surface area contributed by atoms with Crippen molar-refractivity contribution in [2.75, 3.05) is 18.8 Å². The van der Waals surface area contributed by atoms with Gasteiger partial charge in [0.25, 0.3) is 0 Å². The largest absolute Gasteiger partial charge is 0.399 e. The van der Waals surface area contributed by atoms with Crippen LogP contribution in [0.4, 0.5) is 5.69 Å². The molecular weight excluding hydrogens is 232 g/mol. The first-order chi connectivity index (χ1) is 9.00. The fourth-order valence-electron chi connectivity index (χ4n) is 2.68. The summed E-state index contributed by atoms with van der Waals surface area (Å²) < 4.78 is 0. The molecule has 2 heteroatoms. The highest BCUT2D eigenvalue weighted by atomic mass is 14.9. The molecule has 0 bridgehead atoms. The number of nitrogens with one attached hydrogen (secondary N) is 1. The SMILES string of the molecule is CC(C)C(CNCCCc1cccc(N)c1)C(C)C. The van der Waals surface area contributed by atoms with Crippen LogP contribution in [0.5, 0.6) is 0 Å². The third kappa shape index (κ3) is 6.11. The van der Waals surface area contributed by atoms with E-state index < -0.39 is 0 Å². The molecule has 0 aliphatic carbocycles. The standard InChI is InChI=1S/C17H30N2/c1-13(2)17(14(3)4)12-19-10-6-8-15-7-5-9-16(18)11-15/h5,7,9,11,13-14,17,19H,6,8,10,12,18H2,1-4H3. The van der Waals surface area contributed by atoms with Gasteiger partial charge in [-0.1, -0.05) is 39.8 Å². The van der Waals surface area contributed by atoms with Crippen LogP contribution < -0.4 is 11.1 Å². The maximum atomic E-state index is 5.78. The van der Waals surface area contributed by atoms with Crippen molar-refractivity contribution in [3.63, 3.8) is 0 Å². The molecule has 0 aliphatic rings. The third-order valence-electron chi connectivity index (χ3n) is 3.86. The summed E-state index contributed by atoms with van der Waals surface area (Å²) in [4.78, 5) is 0. The van der Waals surface area contributed by atoms with Crippen LogP contribution in [-0.4, -0.2) is 13.1 Å². The molecule has 0 saturated carbocycles. The molecule has 1 aromatic rings. The molecule has 108 valence electrons. The quantitative estimate of drug-likeness (QED) is 0.553. The summed E-state index contributed by atoms with van der Waals surface area (Å²) in [7, 11) is 0. The third-order valence-corrected chi connectivity index (χ3v) is 3.86. The maximum absolute atomic E-state index is 5.78. The van der Waals surface area contributed by atoms with Crippen LogP contribution >= 0.6 is 0 Å². The second kappa shape index (κ2) is 8.21. The zero-order valence-electron chi connectivity index (χ0n) is 12.9. The van der Waals surface area contributed by atoms with Crippen LogP contribution in [0.3, 0.4) is 0 Å². The molecule has 19 heavy (non-hydrogen) atoms. The Balaban J connectivity index is 2.20. The summed E-state index contributed by atoms with van der Waals surface area (Å²) in [5.41, 5.74) is 7.98. The highest BCUT2D eigenvalue weighted by molar-refractivity contribution is 5.40. The normalized spacial score (nSPS) is 11.7. The van der Waals surface area contributed by atoms with Gasteiger partial charge < -0.3 is 11.1 Å². The Morgan fingerprint density at radius 1 is 1.11 bits per heavy atom. The van der Waals surface area contributed by atoms with Gasteiger partial charge in [0.05, 0.1) is 0 Å². The predicted molar refractivity (Wildman–Crippen MR) is 85.2 cm³/mol. The Labute approximate surface area is 118 Å². The summed E-state index contributed by atoms with van der Waals surface area (Å²) in [5.74, 6) is 2.27. The number of anilines is 1. The van der Waals surface area contributed by atoms with Crippen LogP contribution in [-0.2, 0) is 6.42 Å². The van der Waals surface area contributed by atoms with E-state index in [1.165, 1.54) is 12.0 Å². The van der Waals surface area contributed by atoms with Gasteiger partial charge in [0.1, 0.15) is 0 Å². The molecule has 0 heterocycles. The Morgan fingerprint density at radius 2 is 1.79 bits per heavy atom.